The zero-order valence-corrected chi connectivity index (χ0v) is 9.71. The fourth-order valence-corrected chi connectivity index (χ4v) is 3.22. The molecule has 0 amide bonds. The molecule has 1 aromatic carbocycles. The summed E-state index contributed by atoms with van der Waals surface area (Å²) in [7, 11) is 0. The van der Waals surface area contributed by atoms with Crippen molar-refractivity contribution in [2.45, 2.75) is 33.1 Å². The Kier molecular flexibility index (Phi) is 1.86. The van der Waals surface area contributed by atoms with Crippen LogP contribution in [-0.2, 0) is 0 Å². The highest BCUT2D eigenvalue weighted by Crippen LogP contribution is 2.50. The molecule has 2 fully saturated rings. The zero-order chi connectivity index (χ0) is 10.5. The summed E-state index contributed by atoms with van der Waals surface area (Å²) in [6, 6.07) is 6.62. The molecule has 15 heavy (non-hydrogen) atoms. The number of aryl methyl sites for hydroxylation is 2. The summed E-state index contributed by atoms with van der Waals surface area (Å²) >= 11 is 0. The molecule has 1 nitrogen and oxygen atoms in total. The topological polar surface area (TPSA) is 3.24 Å². The minimum Gasteiger partial charge on any atom is -0.370 e. The molecule has 1 aliphatic carbocycles. The molecular weight excluding hydrogens is 182 g/mol. The van der Waals surface area contributed by atoms with E-state index in [1.165, 1.54) is 49.2 Å². The average molecular weight is 201 g/mol. The van der Waals surface area contributed by atoms with Gasteiger partial charge in [-0.25, -0.2) is 0 Å². The monoisotopic (exact) mass is 201 g/mol. The molecule has 1 saturated heterocycles. The largest absolute Gasteiger partial charge is 0.370 e. The van der Waals surface area contributed by atoms with Gasteiger partial charge in [-0.05, 0) is 37.8 Å². The summed E-state index contributed by atoms with van der Waals surface area (Å²) in [5, 5.41) is 0. The van der Waals surface area contributed by atoms with Crippen molar-refractivity contribution in [3.63, 3.8) is 0 Å². The van der Waals surface area contributed by atoms with E-state index >= 15 is 0 Å². The molecular formula is C14H19N. The number of anilines is 1. The fourth-order valence-electron chi connectivity index (χ4n) is 3.22. The lowest BCUT2D eigenvalue weighted by Crippen LogP contribution is -2.60. The van der Waals surface area contributed by atoms with Crippen molar-refractivity contribution in [2.24, 2.45) is 5.41 Å². The number of rotatable bonds is 1. The summed E-state index contributed by atoms with van der Waals surface area (Å²) < 4.78 is 0. The van der Waals surface area contributed by atoms with E-state index in [1.54, 1.807) is 0 Å². The molecule has 1 aliphatic heterocycles. The third-order valence-corrected chi connectivity index (χ3v) is 4.22. The maximum atomic E-state index is 2.57. The molecule has 1 saturated carbocycles. The third-order valence-electron chi connectivity index (χ3n) is 4.22. The maximum absolute atomic E-state index is 2.57. The summed E-state index contributed by atoms with van der Waals surface area (Å²) in [5.41, 5.74) is 5.10. The van der Waals surface area contributed by atoms with Crippen LogP contribution in [0.5, 0.6) is 0 Å². The van der Waals surface area contributed by atoms with Crippen LogP contribution < -0.4 is 4.90 Å². The van der Waals surface area contributed by atoms with Crippen LogP contribution in [0.25, 0.3) is 0 Å². The lowest BCUT2D eigenvalue weighted by Gasteiger charge is -2.57. The molecule has 0 atom stereocenters. The Hall–Kier alpha value is -0.980. The Balaban J connectivity index is 1.83. The number of hydrogen-bond acceptors (Lipinski definition) is 1. The summed E-state index contributed by atoms with van der Waals surface area (Å²) in [6.07, 6.45) is 4.39. The molecule has 0 aromatic heterocycles. The van der Waals surface area contributed by atoms with Crippen LogP contribution in [0, 0.1) is 19.3 Å². The van der Waals surface area contributed by atoms with Crippen LogP contribution in [0.15, 0.2) is 18.2 Å². The normalized spacial score (nSPS) is 22.4. The van der Waals surface area contributed by atoms with Gasteiger partial charge in [0.25, 0.3) is 0 Å². The molecule has 1 heterocycles. The van der Waals surface area contributed by atoms with E-state index < -0.39 is 0 Å². The Bertz CT molecular complexity index is 362. The number of benzene rings is 1. The maximum Gasteiger partial charge on any atom is 0.0426 e. The average Bonchev–Trinajstić information content (AvgIpc) is 2.04. The van der Waals surface area contributed by atoms with Gasteiger partial charge in [0.15, 0.2) is 0 Å². The van der Waals surface area contributed by atoms with Crippen molar-refractivity contribution in [3.05, 3.63) is 29.3 Å². The molecule has 0 unspecified atom stereocenters. The van der Waals surface area contributed by atoms with E-state index in [0.29, 0.717) is 0 Å². The smallest absolute Gasteiger partial charge is 0.0426 e. The standard InChI is InChI=1S/C14H19N/c1-11-5-3-6-12(2)13(11)15-9-14(10-15)7-4-8-14/h3,5-6H,4,7-10H2,1-2H3. The van der Waals surface area contributed by atoms with Gasteiger partial charge in [0.2, 0.25) is 0 Å². The lowest BCUT2D eigenvalue weighted by molar-refractivity contribution is 0.0902. The summed E-state index contributed by atoms with van der Waals surface area (Å²) in [5.74, 6) is 0. The van der Waals surface area contributed by atoms with Crippen molar-refractivity contribution in [2.75, 3.05) is 18.0 Å². The second-order valence-electron chi connectivity index (χ2n) is 5.45. The van der Waals surface area contributed by atoms with Crippen LogP contribution in [0.4, 0.5) is 5.69 Å². The minimum atomic E-state index is 0.731. The molecule has 1 aromatic rings. The van der Waals surface area contributed by atoms with Crippen molar-refractivity contribution < 1.29 is 0 Å². The van der Waals surface area contributed by atoms with Gasteiger partial charge in [0, 0.05) is 24.2 Å². The highest BCUT2D eigenvalue weighted by atomic mass is 15.2. The van der Waals surface area contributed by atoms with E-state index in [0.717, 1.165) is 5.41 Å². The van der Waals surface area contributed by atoms with Gasteiger partial charge in [0.05, 0.1) is 0 Å². The molecule has 1 heteroatoms. The Morgan fingerprint density at radius 3 is 2.13 bits per heavy atom. The molecule has 0 N–H and O–H groups in total. The predicted octanol–water partition coefficient (Wildman–Crippen LogP) is 3.29. The van der Waals surface area contributed by atoms with E-state index in [-0.39, 0.29) is 0 Å². The first-order valence-electron chi connectivity index (χ1n) is 6.01. The molecule has 1 spiro atoms. The SMILES string of the molecule is Cc1cccc(C)c1N1CC2(CCC2)C1. The van der Waals surface area contributed by atoms with E-state index in [4.69, 9.17) is 0 Å². The number of nitrogens with zero attached hydrogens (tertiary/aromatic N) is 1. The minimum absolute atomic E-state index is 0.731. The van der Waals surface area contributed by atoms with Gasteiger partial charge in [-0.3, -0.25) is 0 Å². The zero-order valence-electron chi connectivity index (χ0n) is 9.71. The summed E-state index contributed by atoms with van der Waals surface area (Å²) in [6.45, 7) is 7.07. The van der Waals surface area contributed by atoms with Gasteiger partial charge >= 0.3 is 0 Å². The molecule has 2 aliphatic rings. The molecule has 80 valence electrons. The fraction of sp³-hybridized carbons (Fsp3) is 0.571. The first kappa shape index (κ1) is 9.26. The van der Waals surface area contributed by atoms with Gasteiger partial charge < -0.3 is 4.90 Å². The van der Waals surface area contributed by atoms with Crippen molar-refractivity contribution >= 4 is 5.69 Å². The Labute approximate surface area is 92.1 Å². The Morgan fingerprint density at radius 2 is 1.67 bits per heavy atom. The van der Waals surface area contributed by atoms with Crippen LogP contribution in [0.2, 0.25) is 0 Å². The Morgan fingerprint density at radius 1 is 1.07 bits per heavy atom. The summed E-state index contributed by atoms with van der Waals surface area (Å²) in [4.78, 5) is 2.57. The number of para-hydroxylation sites is 1. The molecule has 3 rings (SSSR count). The van der Waals surface area contributed by atoms with Crippen LogP contribution in [-0.4, -0.2) is 13.1 Å². The first-order chi connectivity index (χ1) is 7.20. The quantitative estimate of drug-likeness (QED) is 0.674. The van der Waals surface area contributed by atoms with Crippen molar-refractivity contribution in [1.82, 2.24) is 0 Å². The van der Waals surface area contributed by atoms with Crippen molar-refractivity contribution in [1.29, 1.82) is 0 Å². The van der Waals surface area contributed by atoms with E-state index in [9.17, 15) is 0 Å². The third kappa shape index (κ3) is 1.29. The lowest BCUT2D eigenvalue weighted by atomic mass is 9.63. The molecule has 0 radical (unpaired) electrons. The second kappa shape index (κ2) is 3.01. The number of hydrogen-bond donors (Lipinski definition) is 0. The molecule has 0 bridgehead atoms. The highest BCUT2D eigenvalue weighted by molar-refractivity contribution is 5.61. The van der Waals surface area contributed by atoms with Gasteiger partial charge in [-0.2, -0.15) is 0 Å². The predicted molar refractivity (Wildman–Crippen MR) is 64.4 cm³/mol. The van der Waals surface area contributed by atoms with Crippen LogP contribution in [0.1, 0.15) is 30.4 Å². The van der Waals surface area contributed by atoms with E-state index in [2.05, 4.69) is 36.9 Å². The highest BCUT2D eigenvalue weighted by Gasteiger charge is 2.47. The van der Waals surface area contributed by atoms with Crippen LogP contribution in [0.3, 0.4) is 0 Å². The van der Waals surface area contributed by atoms with Crippen molar-refractivity contribution in [3.8, 4) is 0 Å². The van der Waals surface area contributed by atoms with Gasteiger partial charge in [0.1, 0.15) is 0 Å². The van der Waals surface area contributed by atoms with E-state index in [1.807, 2.05) is 0 Å². The second-order valence-corrected chi connectivity index (χ2v) is 5.45. The van der Waals surface area contributed by atoms with Gasteiger partial charge in [-0.15, -0.1) is 0 Å². The van der Waals surface area contributed by atoms with Crippen LogP contribution >= 0.6 is 0 Å². The van der Waals surface area contributed by atoms with Gasteiger partial charge in [-0.1, -0.05) is 24.6 Å². The first-order valence-corrected chi connectivity index (χ1v) is 6.01.